The van der Waals surface area contributed by atoms with Crippen molar-refractivity contribution in [1.82, 2.24) is 4.57 Å². The average Bonchev–Trinajstić information content (AvgIpc) is 2.80. The van der Waals surface area contributed by atoms with E-state index in [4.69, 9.17) is 4.74 Å². The van der Waals surface area contributed by atoms with Crippen LogP contribution in [0.5, 0.6) is 0 Å². The number of aromatic nitrogens is 1. The van der Waals surface area contributed by atoms with E-state index >= 15 is 0 Å². The Morgan fingerprint density at radius 3 is 2.57 bits per heavy atom. The number of hydrogen-bond donors (Lipinski definition) is 0. The molecule has 0 fully saturated rings. The van der Waals surface area contributed by atoms with E-state index in [-0.39, 0.29) is 12.2 Å². The van der Waals surface area contributed by atoms with Crippen LogP contribution in [0.15, 0.2) is 35.9 Å². The number of halogens is 1. The maximum Gasteiger partial charge on any atom is 0.348 e. The van der Waals surface area contributed by atoms with Gasteiger partial charge in [-0.15, -0.1) is 0 Å². The first-order valence-corrected chi connectivity index (χ1v) is 8.29. The van der Waals surface area contributed by atoms with Crippen molar-refractivity contribution in [2.45, 2.75) is 20.8 Å². The zero-order valence-electron chi connectivity index (χ0n) is 13.3. The highest BCUT2D eigenvalue weighted by atomic mass is 127. The number of carbonyl (C=O) groups excluding carboxylic acids is 1. The molecular formula is C18H17IN2O2. The lowest BCUT2D eigenvalue weighted by molar-refractivity contribution is -0.137. The third-order valence-corrected chi connectivity index (χ3v) is 4.19. The number of carbonyl (C=O) groups is 1. The minimum absolute atomic E-state index is 0.00899. The van der Waals surface area contributed by atoms with Gasteiger partial charge in [0.25, 0.3) is 0 Å². The van der Waals surface area contributed by atoms with Crippen LogP contribution in [0, 0.1) is 28.7 Å². The number of nitriles is 1. The van der Waals surface area contributed by atoms with Crippen molar-refractivity contribution >= 4 is 34.6 Å². The molecule has 1 heterocycles. The van der Waals surface area contributed by atoms with Gasteiger partial charge in [0.15, 0.2) is 0 Å². The zero-order valence-corrected chi connectivity index (χ0v) is 15.4. The summed E-state index contributed by atoms with van der Waals surface area (Å²) in [5, 5.41) is 9.17. The van der Waals surface area contributed by atoms with Crippen LogP contribution in [-0.4, -0.2) is 17.1 Å². The van der Waals surface area contributed by atoms with Gasteiger partial charge in [-0.1, -0.05) is 0 Å². The Labute approximate surface area is 149 Å². The molecule has 0 atom stereocenters. The second-order valence-electron chi connectivity index (χ2n) is 5.03. The number of hydrogen-bond acceptors (Lipinski definition) is 3. The van der Waals surface area contributed by atoms with Gasteiger partial charge in [-0.05, 0) is 85.3 Å². The third-order valence-electron chi connectivity index (χ3n) is 3.47. The molecule has 0 aliphatic rings. The van der Waals surface area contributed by atoms with Gasteiger partial charge in [-0.25, -0.2) is 4.79 Å². The Kier molecular flexibility index (Phi) is 5.61. The molecule has 0 radical (unpaired) electrons. The van der Waals surface area contributed by atoms with E-state index in [1.807, 2.05) is 50.2 Å². The van der Waals surface area contributed by atoms with Crippen LogP contribution < -0.4 is 0 Å². The van der Waals surface area contributed by atoms with Gasteiger partial charge >= 0.3 is 5.97 Å². The van der Waals surface area contributed by atoms with Gasteiger partial charge in [-0.3, -0.25) is 0 Å². The van der Waals surface area contributed by atoms with Crippen LogP contribution in [0.25, 0.3) is 11.8 Å². The van der Waals surface area contributed by atoms with Crippen LogP contribution >= 0.6 is 22.6 Å². The summed E-state index contributed by atoms with van der Waals surface area (Å²) in [5.74, 6) is -0.589. The zero-order chi connectivity index (χ0) is 17.0. The van der Waals surface area contributed by atoms with Gasteiger partial charge in [0.1, 0.15) is 11.6 Å². The number of esters is 1. The predicted molar refractivity (Wildman–Crippen MR) is 98.2 cm³/mol. The van der Waals surface area contributed by atoms with E-state index in [2.05, 4.69) is 27.2 Å². The molecule has 118 valence electrons. The number of benzene rings is 1. The summed E-state index contributed by atoms with van der Waals surface area (Å²) in [6.07, 6.45) is 1.59. The van der Waals surface area contributed by atoms with Crippen molar-refractivity contribution in [3.8, 4) is 11.8 Å². The van der Waals surface area contributed by atoms with Crippen molar-refractivity contribution < 1.29 is 9.53 Å². The largest absolute Gasteiger partial charge is 0.462 e. The molecule has 2 rings (SSSR count). The van der Waals surface area contributed by atoms with E-state index in [0.717, 1.165) is 22.6 Å². The van der Waals surface area contributed by atoms with Crippen LogP contribution in [0.4, 0.5) is 0 Å². The molecule has 2 aromatic rings. The molecule has 0 bridgehead atoms. The smallest absolute Gasteiger partial charge is 0.348 e. The lowest BCUT2D eigenvalue weighted by Crippen LogP contribution is -2.06. The summed E-state index contributed by atoms with van der Waals surface area (Å²) in [4.78, 5) is 11.8. The fourth-order valence-electron chi connectivity index (χ4n) is 2.42. The van der Waals surface area contributed by atoms with Gasteiger partial charge in [0.05, 0.1) is 6.61 Å². The lowest BCUT2D eigenvalue weighted by Gasteiger charge is -2.09. The molecule has 4 nitrogen and oxygen atoms in total. The van der Waals surface area contributed by atoms with E-state index in [1.165, 1.54) is 3.57 Å². The monoisotopic (exact) mass is 420 g/mol. The van der Waals surface area contributed by atoms with Crippen LogP contribution in [0.3, 0.4) is 0 Å². The Morgan fingerprint density at radius 2 is 2.00 bits per heavy atom. The standard InChI is InChI=1S/C18H17IN2O2/c1-4-23-18(22)15(11-20)10-14-9-12(2)21(13(14)3)17-7-5-16(19)6-8-17/h5-10H,4H2,1-3H3/b15-10+. The summed E-state index contributed by atoms with van der Waals surface area (Å²) < 4.78 is 8.17. The summed E-state index contributed by atoms with van der Waals surface area (Å²) in [6, 6.07) is 12.1. The number of rotatable bonds is 4. The normalized spacial score (nSPS) is 11.2. The SMILES string of the molecule is CCOC(=O)/C(C#N)=C/c1cc(C)n(-c2ccc(I)cc2)c1C. The molecule has 0 saturated carbocycles. The second-order valence-corrected chi connectivity index (χ2v) is 6.27. The highest BCUT2D eigenvalue weighted by Gasteiger charge is 2.14. The first kappa shape index (κ1) is 17.3. The molecule has 1 aromatic heterocycles. The van der Waals surface area contributed by atoms with Crippen molar-refractivity contribution in [3.63, 3.8) is 0 Å². The fraction of sp³-hybridized carbons (Fsp3) is 0.222. The number of ether oxygens (including phenoxy) is 1. The molecule has 0 unspecified atom stereocenters. The maximum atomic E-state index is 11.8. The molecule has 1 aromatic carbocycles. The minimum atomic E-state index is -0.589. The minimum Gasteiger partial charge on any atom is -0.462 e. The highest BCUT2D eigenvalue weighted by molar-refractivity contribution is 14.1. The molecule has 0 saturated heterocycles. The predicted octanol–water partition coefficient (Wildman–Crippen LogP) is 4.17. The van der Waals surface area contributed by atoms with E-state index < -0.39 is 5.97 Å². The molecule has 0 spiro atoms. The lowest BCUT2D eigenvalue weighted by atomic mass is 10.1. The van der Waals surface area contributed by atoms with Gasteiger partial charge in [-0.2, -0.15) is 5.26 Å². The molecule has 0 N–H and O–H groups in total. The quantitative estimate of drug-likeness (QED) is 0.323. The average molecular weight is 420 g/mol. The fourth-order valence-corrected chi connectivity index (χ4v) is 2.78. The summed E-state index contributed by atoms with van der Waals surface area (Å²) >= 11 is 2.27. The van der Waals surface area contributed by atoms with Crippen molar-refractivity contribution in [2.24, 2.45) is 0 Å². The van der Waals surface area contributed by atoms with E-state index in [9.17, 15) is 10.1 Å². The molecule has 0 aliphatic heterocycles. The Morgan fingerprint density at radius 1 is 1.35 bits per heavy atom. The van der Waals surface area contributed by atoms with Crippen LogP contribution in [0.1, 0.15) is 23.9 Å². The summed E-state index contributed by atoms with van der Waals surface area (Å²) in [5.41, 5.74) is 3.91. The molecule has 0 aliphatic carbocycles. The molecule has 5 heteroatoms. The summed E-state index contributed by atoms with van der Waals surface area (Å²) in [6.45, 7) is 5.94. The van der Waals surface area contributed by atoms with Crippen molar-refractivity contribution in [1.29, 1.82) is 5.26 Å². The molecule has 23 heavy (non-hydrogen) atoms. The Bertz CT molecular complexity index is 796. The van der Waals surface area contributed by atoms with Crippen LogP contribution in [-0.2, 0) is 9.53 Å². The summed E-state index contributed by atoms with van der Waals surface area (Å²) in [7, 11) is 0. The number of nitrogens with zero attached hydrogens (tertiary/aromatic N) is 2. The highest BCUT2D eigenvalue weighted by Crippen LogP contribution is 2.23. The van der Waals surface area contributed by atoms with Gasteiger partial charge < -0.3 is 9.30 Å². The van der Waals surface area contributed by atoms with Crippen LogP contribution in [0.2, 0.25) is 0 Å². The van der Waals surface area contributed by atoms with Crippen molar-refractivity contribution in [2.75, 3.05) is 6.61 Å². The van der Waals surface area contributed by atoms with E-state index in [0.29, 0.717) is 0 Å². The van der Waals surface area contributed by atoms with Crippen molar-refractivity contribution in [3.05, 3.63) is 56.4 Å². The maximum absolute atomic E-state index is 11.8. The van der Waals surface area contributed by atoms with Gasteiger partial charge in [0, 0.05) is 20.6 Å². The third kappa shape index (κ3) is 3.82. The Hall–Kier alpha value is -2.07. The Balaban J connectivity index is 2.47. The first-order valence-electron chi connectivity index (χ1n) is 7.21. The van der Waals surface area contributed by atoms with Gasteiger partial charge in [0.2, 0.25) is 0 Å². The second kappa shape index (κ2) is 7.47. The first-order chi connectivity index (χ1) is 11.0. The molecule has 0 amide bonds. The number of aryl methyl sites for hydroxylation is 1. The molecular weight excluding hydrogens is 403 g/mol. The van der Waals surface area contributed by atoms with E-state index in [1.54, 1.807) is 13.0 Å². The topological polar surface area (TPSA) is 55.0 Å².